The van der Waals surface area contributed by atoms with Crippen molar-refractivity contribution in [1.82, 2.24) is 25.9 Å². The molecule has 0 saturated carbocycles. The van der Waals surface area contributed by atoms with E-state index in [1.54, 1.807) is 6.07 Å². The maximum atomic E-state index is 13.9. The Labute approximate surface area is 265 Å². The fourth-order valence-electron chi connectivity index (χ4n) is 6.00. The van der Waals surface area contributed by atoms with E-state index in [2.05, 4.69) is 76.6 Å². The monoisotopic (exact) mass is 638 g/mol. The second kappa shape index (κ2) is 12.1. The van der Waals surface area contributed by atoms with Crippen LogP contribution < -0.4 is 21.6 Å². The van der Waals surface area contributed by atoms with Gasteiger partial charge >= 0.3 is 0 Å². The van der Waals surface area contributed by atoms with Gasteiger partial charge in [-0.2, -0.15) is 5.26 Å². The van der Waals surface area contributed by atoms with Crippen LogP contribution in [0.2, 0.25) is 10.0 Å². The van der Waals surface area contributed by atoms with Crippen LogP contribution in [0.1, 0.15) is 32.8 Å². The predicted molar refractivity (Wildman–Crippen MR) is 175 cm³/mol. The van der Waals surface area contributed by atoms with Crippen LogP contribution in [0.4, 0.5) is 21.5 Å². The quantitative estimate of drug-likeness (QED) is 0.218. The van der Waals surface area contributed by atoms with Gasteiger partial charge in [0.1, 0.15) is 11.9 Å². The summed E-state index contributed by atoms with van der Waals surface area (Å²) in [6.45, 7) is 8.58. The molecular formula is C31H33Cl2FN8S. The molecular weight excluding hydrogens is 606 g/mol. The Hall–Kier alpha value is -3.20. The Morgan fingerprint density at radius 2 is 1.98 bits per heavy atom. The highest BCUT2D eigenvalue weighted by atomic mass is 35.5. The van der Waals surface area contributed by atoms with E-state index in [-0.39, 0.29) is 23.0 Å². The van der Waals surface area contributed by atoms with Crippen LogP contribution in [0.3, 0.4) is 0 Å². The van der Waals surface area contributed by atoms with E-state index in [0.717, 1.165) is 30.9 Å². The van der Waals surface area contributed by atoms with Gasteiger partial charge in [0.25, 0.3) is 0 Å². The van der Waals surface area contributed by atoms with Crippen molar-refractivity contribution in [3.8, 4) is 6.07 Å². The molecule has 0 saturated heterocycles. The highest BCUT2D eigenvalue weighted by molar-refractivity contribution is 8.04. The molecule has 6 rings (SSSR count). The Balaban J connectivity index is 1.43. The van der Waals surface area contributed by atoms with E-state index in [1.165, 1.54) is 28.8 Å². The second-order valence-electron chi connectivity index (χ2n) is 11.5. The van der Waals surface area contributed by atoms with E-state index in [4.69, 9.17) is 23.2 Å². The lowest BCUT2D eigenvalue weighted by atomic mass is 9.83. The van der Waals surface area contributed by atoms with E-state index >= 15 is 0 Å². The lowest BCUT2D eigenvalue weighted by Crippen LogP contribution is -2.44. The van der Waals surface area contributed by atoms with Gasteiger partial charge in [-0.25, -0.2) is 4.39 Å². The molecule has 8 nitrogen and oxygen atoms in total. The summed E-state index contributed by atoms with van der Waals surface area (Å²) in [4.78, 5) is 8.34. The number of anilines is 3. The van der Waals surface area contributed by atoms with Crippen molar-refractivity contribution in [3.63, 3.8) is 0 Å². The number of benzene rings is 2. The van der Waals surface area contributed by atoms with Crippen molar-refractivity contribution in [1.29, 1.82) is 5.26 Å². The van der Waals surface area contributed by atoms with Crippen LogP contribution in [-0.2, 0) is 0 Å². The smallest absolute Gasteiger partial charge is 0.141 e. The van der Waals surface area contributed by atoms with E-state index in [9.17, 15) is 9.65 Å². The molecule has 3 aliphatic rings. The molecule has 1 aromatic heterocycles. The van der Waals surface area contributed by atoms with Crippen LogP contribution in [0.5, 0.6) is 0 Å². The highest BCUT2D eigenvalue weighted by Crippen LogP contribution is 2.48. The molecule has 2 aromatic carbocycles. The van der Waals surface area contributed by atoms with Gasteiger partial charge in [0.2, 0.25) is 0 Å². The van der Waals surface area contributed by atoms with Crippen LogP contribution >= 0.6 is 35.0 Å². The van der Waals surface area contributed by atoms with Crippen molar-refractivity contribution in [2.45, 2.75) is 44.5 Å². The minimum atomic E-state index is -0.518. The number of thioether (sulfide) groups is 1. The maximum Gasteiger partial charge on any atom is 0.141 e. The predicted octanol–water partition coefficient (Wildman–Crippen LogP) is 6.99. The number of rotatable bonds is 7. The number of halogens is 3. The first-order chi connectivity index (χ1) is 20.6. The van der Waals surface area contributed by atoms with E-state index < -0.39 is 5.82 Å². The van der Waals surface area contributed by atoms with Gasteiger partial charge in [-0.3, -0.25) is 9.99 Å². The molecule has 3 atom stereocenters. The number of pyridine rings is 1. The summed E-state index contributed by atoms with van der Waals surface area (Å²) in [6.07, 6.45) is 4.65. The Bertz CT molecular complexity index is 1690. The van der Waals surface area contributed by atoms with Crippen molar-refractivity contribution in [3.05, 3.63) is 80.3 Å². The number of likely N-dealkylation sites (N-methyl/N-ethyl adjacent to an activating group) is 1. The fraction of sp³-hybridized carbons (Fsp3) is 0.355. The first-order valence-corrected chi connectivity index (χ1v) is 15.9. The van der Waals surface area contributed by atoms with Gasteiger partial charge in [0, 0.05) is 59.5 Å². The molecule has 4 heterocycles. The third kappa shape index (κ3) is 5.85. The molecule has 3 aliphatic heterocycles. The zero-order valence-electron chi connectivity index (χ0n) is 24.3. The number of fused-ring (bicyclic) bond motifs is 1. The molecule has 0 spiro atoms. The highest BCUT2D eigenvalue weighted by Gasteiger charge is 2.42. The van der Waals surface area contributed by atoms with Crippen LogP contribution in [0.15, 0.2) is 58.9 Å². The van der Waals surface area contributed by atoms with Gasteiger partial charge in [-0.05, 0) is 62.6 Å². The minimum absolute atomic E-state index is 0.0161. The average molecular weight is 640 g/mol. The molecule has 0 aliphatic carbocycles. The maximum absolute atomic E-state index is 13.9. The van der Waals surface area contributed by atoms with E-state index in [1.807, 2.05) is 23.9 Å². The van der Waals surface area contributed by atoms with Gasteiger partial charge in [-0.15, -0.1) is 17.3 Å². The molecule has 4 N–H and O–H groups in total. The Morgan fingerprint density at radius 1 is 1.19 bits per heavy atom. The number of nitrogens with one attached hydrogen (secondary N) is 4. The second-order valence-corrected chi connectivity index (χ2v) is 13.8. The van der Waals surface area contributed by atoms with Gasteiger partial charge in [0.05, 0.1) is 38.6 Å². The topological polar surface area (TPSA) is 91.3 Å². The minimum Gasteiger partial charge on any atom is -0.376 e. The number of nitriles is 1. The fourth-order valence-corrected chi connectivity index (χ4v) is 8.05. The zero-order chi connectivity index (χ0) is 30.4. The molecule has 43 heavy (non-hydrogen) atoms. The third-order valence-corrected chi connectivity index (χ3v) is 10.1. The molecule has 3 aromatic rings. The number of hydrogen-bond donors (Lipinski definition) is 4. The Kier molecular flexibility index (Phi) is 8.37. The summed E-state index contributed by atoms with van der Waals surface area (Å²) >= 11 is 14.9. The average Bonchev–Trinajstić information content (AvgIpc) is 3.58. The molecule has 0 fully saturated rings. The lowest BCUT2D eigenvalue weighted by molar-refractivity contribution is 0.220. The third-order valence-electron chi connectivity index (χ3n) is 8.19. The molecule has 12 heteroatoms. The SMILES string of the molecule is CC1SC2=C(CCN(C)C2)[C@H]1C(Nc1cc(Cl)c2ncc(C#N)c(Nc3ccc(F)c(Cl)c3)c2c1)C1=CN(C(C)C)NN1. The first kappa shape index (κ1) is 29.9. The largest absolute Gasteiger partial charge is 0.376 e. The van der Waals surface area contributed by atoms with Crippen molar-refractivity contribution < 1.29 is 4.39 Å². The Morgan fingerprint density at radius 3 is 2.70 bits per heavy atom. The number of nitrogens with zero attached hydrogens (tertiary/aromatic N) is 4. The van der Waals surface area contributed by atoms with E-state index in [0.29, 0.717) is 38.1 Å². The normalized spacial score (nSPS) is 21.1. The summed E-state index contributed by atoms with van der Waals surface area (Å²) in [5.41, 5.74) is 12.0. The zero-order valence-corrected chi connectivity index (χ0v) is 26.6. The lowest BCUT2D eigenvalue weighted by Gasteiger charge is -2.33. The summed E-state index contributed by atoms with van der Waals surface area (Å²) in [5, 5.41) is 20.6. The molecule has 224 valence electrons. The van der Waals surface area contributed by atoms with Gasteiger partial charge in [-0.1, -0.05) is 35.7 Å². The summed E-state index contributed by atoms with van der Waals surface area (Å²) in [6, 6.07) is 10.6. The standard InChI is InChI=1S/C31H33Cl2FN8S/c1-16(2)42-14-26(39-40-42)31(28-17(3)43-27-15-41(4)8-7-21(27)28)38-20-9-22-29(37-19-5-6-25(34)23(32)10-19)18(12-35)13-36-30(22)24(33)11-20/h5-6,9-11,13-14,16-17,28,31,38-40H,7-8,15H2,1-4H3,(H,36,37)/t17?,28-,31?/m0/s1. The summed E-state index contributed by atoms with van der Waals surface area (Å²) < 4.78 is 13.9. The molecule has 2 unspecified atom stereocenters. The van der Waals surface area contributed by atoms with Gasteiger partial charge in [0.15, 0.2) is 0 Å². The number of hydrogen-bond acceptors (Lipinski definition) is 9. The van der Waals surface area contributed by atoms with Crippen LogP contribution in [-0.4, -0.2) is 52.4 Å². The summed E-state index contributed by atoms with van der Waals surface area (Å²) in [5.74, 6) is -0.270. The first-order valence-electron chi connectivity index (χ1n) is 14.2. The molecule has 0 bridgehead atoms. The van der Waals surface area contributed by atoms with Crippen LogP contribution in [0, 0.1) is 23.1 Å². The summed E-state index contributed by atoms with van der Waals surface area (Å²) in [7, 11) is 2.18. The number of aromatic nitrogens is 1. The molecule has 0 amide bonds. The van der Waals surface area contributed by atoms with Crippen molar-refractivity contribution in [2.24, 2.45) is 5.92 Å². The molecule has 0 radical (unpaired) electrons. The van der Waals surface area contributed by atoms with Gasteiger partial charge < -0.3 is 21.0 Å². The van der Waals surface area contributed by atoms with Crippen molar-refractivity contribution in [2.75, 3.05) is 30.8 Å². The van der Waals surface area contributed by atoms with Crippen LogP contribution in [0.25, 0.3) is 10.9 Å². The van der Waals surface area contributed by atoms with Crippen molar-refractivity contribution >= 4 is 62.9 Å². The number of hydrazine groups is 2.